The van der Waals surface area contributed by atoms with Crippen LogP contribution in [0, 0.1) is 0 Å². The third-order valence-electron chi connectivity index (χ3n) is 2.06. The van der Waals surface area contributed by atoms with E-state index in [2.05, 4.69) is 0 Å². The van der Waals surface area contributed by atoms with Crippen molar-refractivity contribution in [2.75, 3.05) is 6.54 Å². The highest BCUT2D eigenvalue weighted by atomic mass is 35.5. The van der Waals surface area contributed by atoms with E-state index in [9.17, 15) is 0 Å². The fourth-order valence-corrected chi connectivity index (χ4v) is 1.48. The summed E-state index contributed by atoms with van der Waals surface area (Å²) in [5, 5.41) is 0.765. The molecule has 0 aliphatic rings. The minimum absolute atomic E-state index is 0.525. The Morgan fingerprint density at radius 1 is 1.29 bits per heavy atom. The van der Waals surface area contributed by atoms with Gasteiger partial charge in [0.05, 0.1) is 0 Å². The van der Waals surface area contributed by atoms with Crippen molar-refractivity contribution >= 4 is 23.2 Å². The summed E-state index contributed by atoms with van der Waals surface area (Å²) in [6.07, 6.45) is 1.86. The van der Waals surface area contributed by atoms with Crippen molar-refractivity contribution in [2.45, 2.75) is 12.8 Å². The summed E-state index contributed by atoms with van der Waals surface area (Å²) in [5.74, 6) is 0. The number of benzene rings is 1. The summed E-state index contributed by atoms with van der Waals surface area (Å²) in [4.78, 5) is 0. The Hall–Kier alpha value is -0.500. The number of hydrogen-bond acceptors (Lipinski definition) is 1. The lowest BCUT2D eigenvalue weighted by molar-refractivity contribution is 0.906. The molecule has 0 bridgehead atoms. The first-order valence-corrected chi connectivity index (χ1v) is 5.30. The molecular weight excluding hydrogens is 217 g/mol. The van der Waals surface area contributed by atoms with Crippen LogP contribution in [0.25, 0.3) is 0 Å². The van der Waals surface area contributed by atoms with Crippen LogP contribution in [0.4, 0.5) is 0 Å². The van der Waals surface area contributed by atoms with Crippen molar-refractivity contribution in [3.8, 4) is 0 Å². The molecule has 0 unspecified atom stereocenters. The number of halogens is 2. The van der Waals surface area contributed by atoms with Crippen molar-refractivity contribution in [1.82, 2.24) is 0 Å². The number of hydrogen-bond donors (Lipinski definition) is 1. The van der Waals surface area contributed by atoms with Crippen molar-refractivity contribution < 1.29 is 0 Å². The molecule has 76 valence electrons. The van der Waals surface area contributed by atoms with Crippen LogP contribution in [-0.4, -0.2) is 6.54 Å². The Kier molecular flexibility index (Phi) is 5.02. The van der Waals surface area contributed by atoms with Gasteiger partial charge in [0.25, 0.3) is 0 Å². The molecule has 0 saturated carbocycles. The molecule has 0 aliphatic heterocycles. The first-order chi connectivity index (χ1) is 6.76. The van der Waals surface area contributed by atoms with Gasteiger partial charge in [-0.1, -0.05) is 35.3 Å². The van der Waals surface area contributed by atoms with Crippen LogP contribution in [0.2, 0.25) is 5.02 Å². The Morgan fingerprint density at radius 2 is 1.93 bits per heavy atom. The van der Waals surface area contributed by atoms with E-state index in [1.54, 1.807) is 5.54 Å². The Labute approximate surface area is 94.5 Å². The van der Waals surface area contributed by atoms with Crippen molar-refractivity contribution in [2.24, 2.45) is 5.73 Å². The maximum Gasteiger partial charge on any atom is 0.0406 e. The Balaban J connectivity index is 2.49. The molecule has 0 fully saturated rings. The maximum atomic E-state index is 5.78. The highest BCUT2D eigenvalue weighted by Gasteiger charge is 1.97. The highest BCUT2D eigenvalue weighted by Crippen LogP contribution is 2.13. The molecule has 2 N–H and O–H groups in total. The lowest BCUT2D eigenvalue weighted by Crippen LogP contribution is -2.03. The quantitative estimate of drug-likeness (QED) is 0.843. The van der Waals surface area contributed by atoms with Crippen LogP contribution >= 0.6 is 23.2 Å². The molecule has 0 amide bonds. The second-order valence-electron chi connectivity index (χ2n) is 3.10. The topological polar surface area (TPSA) is 26.0 Å². The number of aryl methyl sites for hydroxylation is 1. The maximum absolute atomic E-state index is 5.78. The predicted molar refractivity (Wildman–Crippen MR) is 62.8 cm³/mol. The summed E-state index contributed by atoms with van der Waals surface area (Å²) in [5.41, 5.74) is 9.38. The summed E-state index contributed by atoms with van der Waals surface area (Å²) < 4.78 is 0. The minimum atomic E-state index is 0.525. The van der Waals surface area contributed by atoms with Crippen LogP contribution in [0.1, 0.15) is 12.0 Å². The van der Waals surface area contributed by atoms with E-state index in [-0.39, 0.29) is 0 Å². The fraction of sp³-hybridized carbons (Fsp3) is 0.273. The van der Waals surface area contributed by atoms with E-state index < -0.39 is 0 Å². The van der Waals surface area contributed by atoms with Crippen LogP contribution in [-0.2, 0) is 6.42 Å². The number of rotatable bonds is 4. The van der Waals surface area contributed by atoms with Crippen LogP contribution in [0.3, 0.4) is 0 Å². The van der Waals surface area contributed by atoms with Crippen molar-refractivity contribution in [3.63, 3.8) is 0 Å². The van der Waals surface area contributed by atoms with Crippen LogP contribution < -0.4 is 5.73 Å². The lowest BCUT2D eigenvalue weighted by atomic mass is 10.1. The third kappa shape index (κ3) is 3.70. The average molecular weight is 230 g/mol. The zero-order valence-corrected chi connectivity index (χ0v) is 9.35. The van der Waals surface area contributed by atoms with Gasteiger partial charge in [-0.25, -0.2) is 0 Å². The monoisotopic (exact) mass is 229 g/mol. The Bertz CT molecular complexity index is 304. The molecule has 14 heavy (non-hydrogen) atoms. The van der Waals surface area contributed by atoms with E-state index in [1.807, 2.05) is 24.3 Å². The highest BCUT2D eigenvalue weighted by molar-refractivity contribution is 6.30. The molecule has 0 aromatic heterocycles. The van der Waals surface area contributed by atoms with E-state index >= 15 is 0 Å². The van der Waals surface area contributed by atoms with Gasteiger partial charge in [-0.3, -0.25) is 0 Å². The van der Waals surface area contributed by atoms with Gasteiger partial charge in [0.1, 0.15) is 0 Å². The van der Waals surface area contributed by atoms with Gasteiger partial charge in [0, 0.05) is 17.1 Å². The third-order valence-corrected chi connectivity index (χ3v) is 2.63. The van der Waals surface area contributed by atoms with Gasteiger partial charge in [0.2, 0.25) is 0 Å². The average Bonchev–Trinajstić information content (AvgIpc) is 2.22. The zero-order valence-electron chi connectivity index (χ0n) is 7.84. The first-order valence-electron chi connectivity index (χ1n) is 4.49. The minimum Gasteiger partial charge on any atom is -0.327 e. The summed E-state index contributed by atoms with van der Waals surface area (Å²) >= 11 is 11.4. The van der Waals surface area contributed by atoms with Crippen LogP contribution in [0.15, 0.2) is 35.4 Å². The second-order valence-corrected chi connectivity index (χ2v) is 3.75. The smallest absolute Gasteiger partial charge is 0.0406 e. The van der Waals surface area contributed by atoms with Gasteiger partial charge in [-0.05, 0) is 36.1 Å². The van der Waals surface area contributed by atoms with Gasteiger partial charge in [-0.2, -0.15) is 0 Å². The van der Waals surface area contributed by atoms with Gasteiger partial charge >= 0.3 is 0 Å². The molecular formula is C11H13Cl2N. The van der Waals surface area contributed by atoms with E-state index in [0.717, 1.165) is 23.4 Å². The predicted octanol–water partition coefficient (Wildman–Crippen LogP) is 3.35. The fourth-order valence-electron chi connectivity index (χ4n) is 1.16. The summed E-state index contributed by atoms with van der Waals surface area (Å²) in [7, 11) is 0. The van der Waals surface area contributed by atoms with E-state index in [0.29, 0.717) is 6.54 Å². The van der Waals surface area contributed by atoms with E-state index in [1.165, 1.54) is 5.56 Å². The zero-order chi connectivity index (χ0) is 10.4. The van der Waals surface area contributed by atoms with Gasteiger partial charge in [0.15, 0.2) is 0 Å². The molecule has 0 aliphatic carbocycles. The van der Waals surface area contributed by atoms with E-state index in [4.69, 9.17) is 28.9 Å². The molecule has 0 heterocycles. The first kappa shape index (κ1) is 11.6. The molecule has 0 radical (unpaired) electrons. The summed E-state index contributed by atoms with van der Waals surface area (Å²) in [6, 6.07) is 7.82. The molecule has 1 aromatic carbocycles. The molecule has 3 heteroatoms. The Morgan fingerprint density at radius 3 is 2.43 bits per heavy atom. The molecule has 0 spiro atoms. The molecule has 1 nitrogen and oxygen atoms in total. The van der Waals surface area contributed by atoms with Crippen LogP contribution in [0.5, 0.6) is 0 Å². The van der Waals surface area contributed by atoms with Crippen molar-refractivity contribution in [1.29, 1.82) is 0 Å². The second kappa shape index (κ2) is 6.07. The molecule has 0 atom stereocenters. The standard InChI is InChI=1S/C11H13Cl2N/c12-7-10(8-14)2-1-9-3-5-11(13)6-4-9/h3-7H,1-2,8,14H2/b10-7-. The molecule has 1 aromatic rings. The summed E-state index contributed by atoms with van der Waals surface area (Å²) in [6.45, 7) is 0.525. The molecule has 1 rings (SSSR count). The number of nitrogens with two attached hydrogens (primary N) is 1. The normalized spacial score (nSPS) is 11.8. The van der Waals surface area contributed by atoms with Gasteiger partial charge < -0.3 is 5.73 Å². The molecule has 0 saturated heterocycles. The van der Waals surface area contributed by atoms with Crippen molar-refractivity contribution in [3.05, 3.63) is 46.0 Å². The lowest BCUT2D eigenvalue weighted by Gasteiger charge is -2.03. The SMILES string of the molecule is NC/C(=C\Cl)CCc1ccc(Cl)cc1. The van der Waals surface area contributed by atoms with Gasteiger partial charge in [-0.15, -0.1) is 0 Å². The largest absolute Gasteiger partial charge is 0.327 e.